The van der Waals surface area contributed by atoms with Gasteiger partial charge in [0.25, 0.3) is 0 Å². The SMILES string of the molecule is CC(C)C(=O)[C@H](C)NC(=O)CN(C)C(=O)CN(C)C(=O)CN(C)C(=O)CN(C)C(=O)CN(C)C(=O)CN(C)C(=O)CN(C)C(=O)CN(C)C(=O)CN(C)C(=O)CN(C)C(C)C. The van der Waals surface area contributed by atoms with E-state index in [2.05, 4.69) is 5.32 Å². The standard InChI is InChI=1S/C39H69N11O11/c1-26(2)39(61)28(5)40-29(51)16-42(7)31(53)18-44(9)33(55)20-46(11)35(57)22-48(13)37(59)24-50(15)38(60)25-49(14)36(58)23-47(12)34(56)21-45(10)32(54)19-43(8)30(52)17-41(6)27(3)4/h26-28H,16-25H2,1-15H3,(H,40,51)/t28-/m0/s1. The molecule has 0 rings (SSSR count). The van der Waals surface area contributed by atoms with Crippen molar-refractivity contribution in [3.8, 4) is 0 Å². The van der Waals surface area contributed by atoms with Crippen LogP contribution in [0, 0.1) is 5.92 Å². The molecule has 0 heterocycles. The fourth-order valence-electron chi connectivity index (χ4n) is 4.97. The molecule has 0 aliphatic rings. The third kappa shape index (κ3) is 20.0. The Morgan fingerprint density at radius 2 is 0.525 bits per heavy atom. The van der Waals surface area contributed by atoms with E-state index in [0.717, 1.165) is 39.2 Å². The van der Waals surface area contributed by atoms with Crippen LogP contribution in [-0.4, -0.2) is 262 Å². The lowest BCUT2D eigenvalue weighted by atomic mass is 10.0. The molecule has 0 aromatic heterocycles. The second kappa shape index (κ2) is 25.8. The molecule has 0 aliphatic carbocycles. The monoisotopic (exact) mass is 868 g/mol. The summed E-state index contributed by atoms with van der Waals surface area (Å²) in [4.78, 5) is 151. The van der Waals surface area contributed by atoms with Crippen molar-refractivity contribution in [1.82, 2.24) is 54.3 Å². The number of hydrogen-bond acceptors (Lipinski definition) is 12. The fraction of sp³-hybridized carbons (Fsp3) is 0.718. The number of hydrogen-bond donors (Lipinski definition) is 1. The van der Waals surface area contributed by atoms with E-state index in [9.17, 15) is 52.7 Å². The molecule has 0 saturated carbocycles. The lowest BCUT2D eigenvalue weighted by Crippen LogP contribution is -2.49. The Hall–Kier alpha value is -5.67. The Labute approximate surface area is 360 Å². The van der Waals surface area contributed by atoms with Crippen LogP contribution in [0.5, 0.6) is 0 Å². The number of likely N-dealkylation sites (N-methyl/N-ethyl adjacent to an activating group) is 10. The van der Waals surface area contributed by atoms with Crippen molar-refractivity contribution in [3.63, 3.8) is 0 Å². The van der Waals surface area contributed by atoms with Gasteiger partial charge in [-0.25, -0.2) is 0 Å². The van der Waals surface area contributed by atoms with Crippen LogP contribution in [0.15, 0.2) is 0 Å². The minimum absolute atomic E-state index is 0.125. The average Bonchev–Trinajstić information content (AvgIpc) is 3.16. The van der Waals surface area contributed by atoms with Gasteiger partial charge in [-0.2, -0.15) is 0 Å². The Morgan fingerprint density at radius 1 is 0.328 bits per heavy atom. The van der Waals surface area contributed by atoms with Gasteiger partial charge in [0.1, 0.15) is 0 Å². The quantitative estimate of drug-likeness (QED) is 0.0985. The predicted octanol–water partition coefficient (Wildman–Crippen LogP) is -3.82. The Balaban J connectivity index is 4.90. The van der Waals surface area contributed by atoms with Crippen LogP contribution < -0.4 is 5.32 Å². The van der Waals surface area contributed by atoms with Crippen LogP contribution in [0.1, 0.15) is 34.6 Å². The molecule has 0 unspecified atom stereocenters. The first-order valence-electron chi connectivity index (χ1n) is 19.7. The van der Waals surface area contributed by atoms with Crippen LogP contribution in [-0.2, 0) is 52.7 Å². The first kappa shape index (κ1) is 55.3. The summed E-state index contributed by atoms with van der Waals surface area (Å²) in [5.41, 5.74) is 0. The number of Topliss-reactive ketones (excluding diaryl/α,β-unsaturated/α-hetero) is 1. The van der Waals surface area contributed by atoms with Crippen molar-refractivity contribution in [2.75, 3.05) is 136 Å². The molecule has 22 nitrogen and oxygen atoms in total. The lowest BCUT2D eigenvalue weighted by Gasteiger charge is -2.27. The zero-order valence-electron chi connectivity index (χ0n) is 38.8. The maximum atomic E-state index is 12.9. The maximum absolute atomic E-state index is 12.9. The first-order chi connectivity index (χ1) is 28.0. The summed E-state index contributed by atoms with van der Waals surface area (Å²) in [5, 5.41) is 2.54. The van der Waals surface area contributed by atoms with Gasteiger partial charge < -0.3 is 49.4 Å². The van der Waals surface area contributed by atoms with E-state index >= 15 is 0 Å². The Morgan fingerprint density at radius 3 is 0.721 bits per heavy atom. The molecule has 61 heavy (non-hydrogen) atoms. The van der Waals surface area contributed by atoms with E-state index in [-0.39, 0.29) is 56.4 Å². The summed E-state index contributed by atoms with van der Waals surface area (Å²) in [6.45, 7) is 5.52. The Kier molecular flexibility index (Phi) is 23.4. The highest BCUT2D eigenvalue weighted by molar-refractivity contribution is 5.94. The maximum Gasteiger partial charge on any atom is 0.242 e. The van der Waals surface area contributed by atoms with Gasteiger partial charge in [-0.1, -0.05) is 13.8 Å². The van der Waals surface area contributed by atoms with Gasteiger partial charge in [-0.05, 0) is 27.8 Å². The summed E-state index contributed by atoms with van der Waals surface area (Å²) in [6.07, 6.45) is 0. The number of carbonyl (C=O) groups is 11. The van der Waals surface area contributed by atoms with E-state index in [1.807, 2.05) is 18.7 Å². The molecule has 1 N–H and O–H groups in total. The molecular formula is C39H69N11O11. The highest BCUT2D eigenvalue weighted by Crippen LogP contribution is 2.02. The average molecular weight is 868 g/mol. The second-order valence-corrected chi connectivity index (χ2v) is 16.1. The van der Waals surface area contributed by atoms with E-state index in [1.54, 1.807) is 27.8 Å². The topological polar surface area (TPSA) is 232 Å². The van der Waals surface area contributed by atoms with Crippen LogP contribution in [0.3, 0.4) is 0 Å². The van der Waals surface area contributed by atoms with Gasteiger partial charge in [0, 0.05) is 75.4 Å². The van der Waals surface area contributed by atoms with E-state index in [1.165, 1.54) is 68.3 Å². The third-order valence-electron chi connectivity index (χ3n) is 9.83. The number of ketones is 1. The van der Waals surface area contributed by atoms with E-state index in [4.69, 9.17) is 0 Å². The first-order valence-corrected chi connectivity index (χ1v) is 19.7. The number of amides is 10. The molecule has 10 amide bonds. The number of rotatable bonds is 24. The lowest BCUT2D eigenvalue weighted by molar-refractivity contribution is -0.146. The van der Waals surface area contributed by atoms with Gasteiger partial charge in [0.05, 0.1) is 71.5 Å². The number of nitrogens with zero attached hydrogens (tertiary/aromatic N) is 10. The van der Waals surface area contributed by atoms with Crippen molar-refractivity contribution < 1.29 is 52.7 Å². The molecule has 22 heteroatoms. The molecule has 0 fully saturated rings. The second-order valence-electron chi connectivity index (χ2n) is 16.1. The van der Waals surface area contributed by atoms with Crippen molar-refractivity contribution in [3.05, 3.63) is 0 Å². The molecule has 0 saturated heterocycles. The molecule has 0 radical (unpaired) electrons. The highest BCUT2D eigenvalue weighted by Gasteiger charge is 2.27. The fourth-order valence-corrected chi connectivity index (χ4v) is 4.97. The molecule has 1 atom stereocenters. The van der Waals surface area contributed by atoms with E-state index < -0.39 is 91.9 Å². The largest absolute Gasteiger partial charge is 0.345 e. The summed E-state index contributed by atoms with van der Waals surface area (Å²) >= 11 is 0. The third-order valence-corrected chi connectivity index (χ3v) is 9.83. The smallest absolute Gasteiger partial charge is 0.242 e. The minimum atomic E-state index is -0.725. The van der Waals surface area contributed by atoms with Crippen LogP contribution in [0.4, 0.5) is 0 Å². The molecule has 0 bridgehead atoms. The zero-order chi connectivity index (χ0) is 47.6. The molecule has 0 aromatic carbocycles. The van der Waals surface area contributed by atoms with Gasteiger partial charge in [0.2, 0.25) is 59.1 Å². The number of nitrogens with one attached hydrogen (secondary N) is 1. The van der Waals surface area contributed by atoms with Gasteiger partial charge in [-0.3, -0.25) is 57.6 Å². The highest BCUT2D eigenvalue weighted by atomic mass is 16.2. The summed E-state index contributed by atoms with van der Waals surface area (Å²) in [7, 11) is 14.1. The molecule has 346 valence electrons. The summed E-state index contributed by atoms with van der Waals surface area (Å²) < 4.78 is 0. The van der Waals surface area contributed by atoms with Crippen LogP contribution >= 0.6 is 0 Å². The van der Waals surface area contributed by atoms with Gasteiger partial charge in [0.15, 0.2) is 5.78 Å². The van der Waals surface area contributed by atoms with Gasteiger partial charge >= 0.3 is 0 Å². The van der Waals surface area contributed by atoms with Crippen molar-refractivity contribution in [1.29, 1.82) is 0 Å². The van der Waals surface area contributed by atoms with E-state index in [0.29, 0.717) is 0 Å². The zero-order valence-corrected chi connectivity index (χ0v) is 38.8. The molecule has 0 spiro atoms. The van der Waals surface area contributed by atoms with Crippen molar-refractivity contribution in [2.45, 2.75) is 46.7 Å². The van der Waals surface area contributed by atoms with Crippen molar-refractivity contribution >= 4 is 64.9 Å². The van der Waals surface area contributed by atoms with Crippen molar-refractivity contribution in [2.24, 2.45) is 5.92 Å². The summed E-state index contributed by atoms with van der Waals surface area (Å²) in [5.74, 6) is -5.82. The minimum Gasteiger partial charge on any atom is -0.345 e. The van der Waals surface area contributed by atoms with Gasteiger partial charge in [-0.15, -0.1) is 0 Å². The molecular weight excluding hydrogens is 798 g/mol. The predicted molar refractivity (Wildman–Crippen MR) is 224 cm³/mol. The van der Waals surface area contributed by atoms with Crippen LogP contribution in [0.25, 0.3) is 0 Å². The number of carbonyl (C=O) groups excluding carboxylic acids is 11. The molecule has 0 aliphatic heterocycles. The summed E-state index contributed by atoms with van der Waals surface area (Å²) in [6, 6.07) is -0.589. The Bertz CT molecular complexity index is 1620. The normalized spacial score (nSPS) is 11.3. The van der Waals surface area contributed by atoms with Crippen LogP contribution in [0.2, 0.25) is 0 Å². The molecule has 0 aromatic rings.